The molecule has 0 aliphatic carbocycles. The van der Waals surface area contributed by atoms with Crippen LogP contribution in [0.2, 0.25) is 5.02 Å². The Hall–Kier alpha value is -1.55. The predicted octanol–water partition coefficient (Wildman–Crippen LogP) is 3.85. The maximum absolute atomic E-state index is 12.7. The van der Waals surface area contributed by atoms with Crippen LogP contribution in [0.3, 0.4) is 0 Å². The predicted molar refractivity (Wildman–Crippen MR) is 92.0 cm³/mol. The largest absolute Gasteiger partial charge is 0.319 e. The highest BCUT2D eigenvalue weighted by Crippen LogP contribution is 2.36. The summed E-state index contributed by atoms with van der Waals surface area (Å²) in [6.45, 7) is 6.13. The number of amides is 2. The van der Waals surface area contributed by atoms with Crippen LogP contribution in [0.25, 0.3) is 0 Å². The molecule has 0 saturated carbocycles. The molecule has 0 aromatic heterocycles. The highest BCUT2D eigenvalue weighted by Gasteiger charge is 2.46. The summed E-state index contributed by atoms with van der Waals surface area (Å²) in [6.07, 6.45) is 1.57. The molecule has 2 rings (SSSR count). The molecule has 1 aliphatic heterocycles. The average Bonchev–Trinajstić information content (AvgIpc) is 2.73. The third-order valence-electron chi connectivity index (χ3n) is 4.21. The molecule has 0 spiro atoms. The van der Waals surface area contributed by atoms with Crippen LogP contribution in [0.1, 0.15) is 51.8 Å². The van der Waals surface area contributed by atoms with Gasteiger partial charge in [0.15, 0.2) is 0 Å². The molecule has 2 atom stereocenters. The van der Waals surface area contributed by atoms with E-state index in [-0.39, 0.29) is 24.0 Å². The second-order valence-corrected chi connectivity index (χ2v) is 7.01. The topological polar surface area (TPSA) is 40.6 Å². The molecular weight excluding hydrogens is 312 g/mol. The number of rotatable bonds is 5. The van der Waals surface area contributed by atoms with Crippen LogP contribution in [-0.4, -0.2) is 34.7 Å². The zero-order chi connectivity index (χ0) is 17.1. The molecule has 23 heavy (non-hydrogen) atoms. The van der Waals surface area contributed by atoms with Gasteiger partial charge in [0.2, 0.25) is 11.8 Å². The highest BCUT2D eigenvalue weighted by atomic mass is 35.5. The summed E-state index contributed by atoms with van der Waals surface area (Å²) < 4.78 is 0. The summed E-state index contributed by atoms with van der Waals surface area (Å²) in [5.74, 6) is 0.400. The van der Waals surface area contributed by atoms with Crippen molar-refractivity contribution in [2.45, 2.75) is 52.2 Å². The number of carbonyl (C=O) groups is 2. The molecule has 0 radical (unpaired) electrons. The molecule has 2 unspecified atom stereocenters. The van der Waals surface area contributed by atoms with Gasteiger partial charge in [-0.15, -0.1) is 0 Å². The Morgan fingerprint density at radius 1 is 1.26 bits per heavy atom. The summed E-state index contributed by atoms with van der Waals surface area (Å²) in [5.41, 5.74) is 0.918. The molecule has 1 aliphatic rings. The number of likely N-dealkylation sites (N-methyl/N-ethyl adjacent to an activating group) is 1. The summed E-state index contributed by atoms with van der Waals surface area (Å²) >= 11 is 5.97. The Labute approximate surface area is 143 Å². The van der Waals surface area contributed by atoms with E-state index in [0.29, 0.717) is 23.8 Å². The van der Waals surface area contributed by atoms with Crippen molar-refractivity contribution in [2.75, 3.05) is 7.05 Å². The minimum atomic E-state index is -0.375. The summed E-state index contributed by atoms with van der Waals surface area (Å²) in [4.78, 5) is 28.9. The number of halogens is 1. The number of hydrogen-bond acceptors (Lipinski definition) is 2. The lowest BCUT2D eigenvalue weighted by Gasteiger charge is -2.31. The minimum absolute atomic E-state index is 0.0168. The van der Waals surface area contributed by atoms with Crippen molar-refractivity contribution < 1.29 is 9.59 Å². The van der Waals surface area contributed by atoms with Gasteiger partial charge in [-0.3, -0.25) is 9.59 Å². The molecule has 5 heteroatoms. The van der Waals surface area contributed by atoms with Gasteiger partial charge in [-0.05, 0) is 36.5 Å². The second-order valence-electron chi connectivity index (χ2n) is 6.57. The molecule has 126 valence electrons. The fourth-order valence-corrected chi connectivity index (χ4v) is 3.29. The number of carbonyl (C=O) groups excluding carboxylic acids is 2. The van der Waals surface area contributed by atoms with Crippen LogP contribution < -0.4 is 0 Å². The van der Waals surface area contributed by atoms with Crippen LogP contribution >= 0.6 is 11.6 Å². The van der Waals surface area contributed by atoms with Crippen molar-refractivity contribution in [1.29, 1.82) is 0 Å². The van der Waals surface area contributed by atoms with E-state index in [0.717, 1.165) is 12.0 Å². The van der Waals surface area contributed by atoms with Crippen molar-refractivity contribution in [1.82, 2.24) is 9.80 Å². The Kier molecular flexibility index (Phi) is 5.69. The number of benzene rings is 1. The molecule has 0 N–H and O–H groups in total. The van der Waals surface area contributed by atoms with Gasteiger partial charge in [0.25, 0.3) is 0 Å². The average molecular weight is 337 g/mol. The van der Waals surface area contributed by atoms with Gasteiger partial charge < -0.3 is 9.80 Å². The van der Waals surface area contributed by atoms with Gasteiger partial charge in [0.05, 0.1) is 0 Å². The van der Waals surface area contributed by atoms with Gasteiger partial charge >= 0.3 is 0 Å². The molecule has 2 amide bonds. The van der Waals surface area contributed by atoms with Crippen LogP contribution in [-0.2, 0) is 9.59 Å². The van der Waals surface area contributed by atoms with Crippen LogP contribution in [0, 0.1) is 5.92 Å². The SMILES string of the molecule is CCCC(=O)N1C(CC(C)C)C(=O)N(C)C1c1ccc(Cl)cc1. The van der Waals surface area contributed by atoms with Crippen LogP contribution in [0.15, 0.2) is 24.3 Å². The first kappa shape index (κ1) is 17.8. The molecule has 1 saturated heterocycles. The Morgan fingerprint density at radius 3 is 2.39 bits per heavy atom. The van der Waals surface area contributed by atoms with Gasteiger partial charge in [0.1, 0.15) is 12.2 Å². The maximum atomic E-state index is 12.7. The zero-order valence-corrected chi connectivity index (χ0v) is 15.0. The number of hydrogen-bond donors (Lipinski definition) is 0. The van der Waals surface area contributed by atoms with Crippen molar-refractivity contribution >= 4 is 23.4 Å². The quantitative estimate of drug-likeness (QED) is 0.819. The molecule has 1 heterocycles. The third-order valence-corrected chi connectivity index (χ3v) is 4.47. The molecule has 4 nitrogen and oxygen atoms in total. The standard InChI is InChI=1S/C18H25ClN2O2/c1-5-6-16(22)21-15(11-12(2)3)18(23)20(4)17(21)13-7-9-14(19)10-8-13/h7-10,12,15,17H,5-6,11H2,1-4H3. The second kappa shape index (κ2) is 7.35. The molecular formula is C18H25ClN2O2. The zero-order valence-electron chi connectivity index (χ0n) is 14.3. The Balaban J connectivity index is 2.41. The molecule has 1 fully saturated rings. The van der Waals surface area contributed by atoms with E-state index in [2.05, 4.69) is 13.8 Å². The van der Waals surface area contributed by atoms with Crippen LogP contribution in [0.5, 0.6) is 0 Å². The Bertz CT molecular complexity index is 571. The van der Waals surface area contributed by atoms with E-state index in [9.17, 15) is 9.59 Å². The fourth-order valence-electron chi connectivity index (χ4n) is 3.16. The molecule has 0 bridgehead atoms. The number of nitrogens with zero attached hydrogens (tertiary/aromatic N) is 2. The van der Waals surface area contributed by atoms with Crippen LogP contribution in [0.4, 0.5) is 0 Å². The summed E-state index contributed by atoms with van der Waals surface area (Å²) in [7, 11) is 1.77. The first-order valence-corrected chi connectivity index (χ1v) is 8.57. The highest BCUT2D eigenvalue weighted by molar-refractivity contribution is 6.30. The van der Waals surface area contributed by atoms with E-state index < -0.39 is 0 Å². The first-order valence-electron chi connectivity index (χ1n) is 8.20. The summed E-state index contributed by atoms with van der Waals surface area (Å²) in [6, 6.07) is 7.00. The lowest BCUT2D eigenvalue weighted by Crippen LogP contribution is -2.40. The summed E-state index contributed by atoms with van der Waals surface area (Å²) in [5, 5.41) is 0.644. The van der Waals surface area contributed by atoms with Gasteiger partial charge in [-0.2, -0.15) is 0 Å². The van der Waals surface area contributed by atoms with E-state index >= 15 is 0 Å². The van der Waals surface area contributed by atoms with Crippen molar-refractivity contribution in [3.8, 4) is 0 Å². The van der Waals surface area contributed by atoms with Crippen molar-refractivity contribution in [3.05, 3.63) is 34.9 Å². The van der Waals surface area contributed by atoms with E-state index in [1.54, 1.807) is 29.0 Å². The minimum Gasteiger partial charge on any atom is -0.319 e. The van der Waals surface area contributed by atoms with E-state index in [4.69, 9.17) is 11.6 Å². The smallest absolute Gasteiger partial charge is 0.247 e. The van der Waals surface area contributed by atoms with Gasteiger partial charge in [-0.25, -0.2) is 0 Å². The van der Waals surface area contributed by atoms with E-state index in [1.165, 1.54) is 0 Å². The first-order chi connectivity index (χ1) is 10.9. The van der Waals surface area contributed by atoms with Crippen molar-refractivity contribution in [2.24, 2.45) is 5.92 Å². The lowest BCUT2D eigenvalue weighted by molar-refractivity contribution is -0.137. The monoisotopic (exact) mass is 336 g/mol. The third kappa shape index (κ3) is 3.69. The van der Waals surface area contributed by atoms with Gasteiger partial charge in [-0.1, -0.05) is 44.5 Å². The Morgan fingerprint density at radius 2 is 1.87 bits per heavy atom. The normalized spacial score (nSPS) is 21.4. The van der Waals surface area contributed by atoms with Crippen molar-refractivity contribution in [3.63, 3.8) is 0 Å². The molecule has 1 aromatic rings. The van der Waals surface area contributed by atoms with Gasteiger partial charge in [0, 0.05) is 18.5 Å². The maximum Gasteiger partial charge on any atom is 0.247 e. The lowest BCUT2D eigenvalue weighted by atomic mass is 10.0. The molecule has 1 aromatic carbocycles. The van der Waals surface area contributed by atoms with E-state index in [1.807, 2.05) is 19.1 Å². The fraction of sp³-hybridized carbons (Fsp3) is 0.556.